The van der Waals surface area contributed by atoms with E-state index in [-0.39, 0.29) is 16.8 Å². The number of rotatable bonds is 11. The zero-order valence-electron chi connectivity index (χ0n) is 21.8. The molecule has 9 heteroatoms. The van der Waals surface area contributed by atoms with Gasteiger partial charge in [0, 0.05) is 24.3 Å². The first kappa shape index (κ1) is 28.2. The molecular formula is C27H37N3O4S2. The summed E-state index contributed by atoms with van der Waals surface area (Å²) in [5.74, 6) is 1.46. The van der Waals surface area contributed by atoms with Gasteiger partial charge in [-0.25, -0.2) is 8.42 Å². The lowest BCUT2D eigenvalue weighted by Crippen LogP contribution is -2.40. The number of benzene rings is 2. The predicted molar refractivity (Wildman–Crippen MR) is 147 cm³/mol. The predicted octanol–water partition coefficient (Wildman–Crippen LogP) is 5.03. The number of sulfonamides is 1. The Balaban J connectivity index is 1.64. The van der Waals surface area contributed by atoms with Gasteiger partial charge in [0.05, 0.1) is 18.0 Å². The molecule has 0 radical (unpaired) electrons. The van der Waals surface area contributed by atoms with Crippen LogP contribution in [0, 0.1) is 5.41 Å². The first-order valence-electron chi connectivity index (χ1n) is 12.4. The van der Waals surface area contributed by atoms with E-state index in [0.717, 1.165) is 35.5 Å². The molecular weight excluding hydrogens is 494 g/mol. The van der Waals surface area contributed by atoms with Crippen molar-refractivity contribution >= 4 is 32.9 Å². The van der Waals surface area contributed by atoms with Gasteiger partial charge in [-0.2, -0.15) is 4.31 Å². The van der Waals surface area contributed by atoms with Gasteiger partial charge in [0.1, 0.15) is 5.75 Å². The fourth-order valence-electron chi connectivity index (χ4n) is 4.08. The summed E-state index contributed by atoms with van der Waals surface area (Å²) in [4.78, 5) is 18.1. The van der Waals surface area contributed by atoms with Crippen molar-refractivity contribution in [3.8, 4) is 5.75 Å². The molecule has 0 aromatic heterocycles. The highest BCUT2D eigenvalue weighted by Gasteiger charge is 2.31. The Morgan fingerprint density at radius 2 is 1.69 bits per heavy atom. The van der Waals surface area contributed by atoms with Crippen LogP contribution in [0.25, 0.3) is 0 Å². The summed E-state index contributed by atoms with van der Waals surface area (Å²) in [5, 5.41) is 3.61. The van der Waals surface area contributed by atoms with Gasteiger partial charge in [0.2, 0.25) is 15.9 Å². The number of methoxy groups -OCH3 is 1. The Labute approximate surface area is 219 Å². The molecule has 1 N–H and O–H groups in total. The first-order chi connectivity index (χ1) is 17.1. The molecule has 36 heavy (non-hydrogen) atoms. The molecule has 2 aromatic rings. The Morgan fingerprint density at radius 1 is 1.08 bits per heavy atom. The number of carbonyl (C=O) groups excluding carboxylic acids is 1. The summed E-state index contributed by atoms with van der Waals surface area (Å²) in [6.45, 7) is 8.74. The third kappa shape index (κ3) is 6.89. The molecule has 0 spiro atoms. The number of carbonyl (C=O) groups is 1. The zero-order chi connectivity index (χ0) is 26.3. The number of ether oxygens (including phenoxy) is 1. The van der Waals surface area contributed by atoms with Gasteiger partial charge in [-0.1, -0.05) is 63.7 Å². The lowest BCUT2D eigenvalue weighted by molar-refractivity contribution is -0.127. The number of thioether (sulfide) groups is 1. The van der Waals surface area contributed by atoms with E-state index >= 15 is 0 Å². The highest BCUT2D eigenvalue weighted by Crippen LogP contribution is 2.31. The fourth-order valence-corrected chi connectivity index (χ4v) is 6.65. The van der Waals surface area contributed by atoms with Gasteiger partial charge >= 0.3 is 0 Å². The minimum Gasteiger partial charge on any atom is -0.497 e. The highest BCUT2D eigenvalue weighted by molar-refractivity contribution is 8.14. The molecule has 1 unspecified atom stereocenters. The average molecular weight is 532 g/mol. The molecule has 0 bridgehead atoms. The number of amidine groups is 1. The van der Waals surface area contributed by atoms with Gasteiger partial charge in [-0.3, -0.25) is 9.79 Å². The van der Waals surface area contributed by atoms with E-state index in [1.807, 2.05) is 52.0 Å². The van der Waals surface area contributed by atoms with Crippen molar-refractivity contribution < 1.29 is 17.9 Å². The van der Waals surface area contributed by atoms with Crippen LogP contribution in [0.1, 0.15) is 57.7 Å². The summed E-state index contributed by atoms with van der Waals surface area (Å²) < 4.78 is 32.8. The summed E-state index contributed by atoms with van der Waals surface area (Å²) in [7, 11) is -1.88. The minimum atomic E-state index is -3.52. The first-order valence-corrected chi connectivity index (χ1v) is 14.8. The molecule has 7 nitrogen and oxygen atoms in total. The molecule has 3 rings (SSSR count). The Hall–Kier alpha value is -2.36. The molecule has 1 amide bonds. The van der Waals surface area contributed by atoms with Crippen LogP contribution in [0.15, 0.2) is 58.4 Å². The molecule has 2 aromatic carbocycles. The standard InChI is InChI=1S/C27H37N3O4S2/c1-6-16-30(17-7-2)36(32,33)23-14-8-20(9-15-23)18-27(3,4)25(31)29-26-28-24(19-35-26)21-10-12-22(34-5)13-11-21/h8-15,24H,6-7,16-19H2,1-5H3,(H,28,29,31). The number of hydrogen-bond donors (Lipinski definition) is 1. The number of nitrogens with one attached hydrogen (secondary N) is 1. The van der Waals surface area contributed by atoms with E-state index in [1.54, 1.807) is 35.7 Å². The molecule has 1 atom stereocenters. The van der Waals surface area contributed by atoms with Crippen molar-refractivity contribution in [3.05, 3.63) is 59.7 Å². The lowest BCUT2D eigenvalue weighted by atomic mass is 9.85. The number of amides is 1. The topological polar surface area (TPSA) is 88.1 Å². The summed E-state index contributed by atoms with van der Waals surface area (Å²) in [6, 6.07) is 14.7. The maximum atomic E-state index is 13.1. The van der Waals surface area contributed by atoms with Crippen LogP contribution in [0.4, 0.5) is 0 Å². The maximum absolute atomic E-state index is 13.1. The maximum Gasteiger partial charge on any atom is 0.243 e. The van der Waals surface area contributed by atoms with E-state index in [9.17, 15) is 13.2 Å². The van der Waals surface area contributed by atoms with E-state index in [0.29, 0.717) is 24.7 Å². The number of hydrogen-bond acceptors (Lipinski definition) is 6. The third-order valence-corrected chi connectivity index (χ3v) is 9.02. The monoisotopic (exact) mass is 531 g/mol. The minimum absolute atomic E-state index is 0.00575. The molecule has 0 aliphatic carbocycles. The zero-order valence-corrected chi connectivity index (χ0v) is 23.4. The van der Waals surface area contributed by atoms with Gasteiger partial charge in [0.25, 0.3) is 0 Å². The normalized spacial score (nSPS) is 16.2. The highest BCUT2D eigenvalue weighted by atomic mass is 32.2. The largest absolute Gasteiger partial charge is 0.497 e. The van der Waals surface area contributed by atoms with E-state index in [2.05, 4.69) is 5.32 Å². The summed E-state index contributed by atoms with van der Waals surface area (Å²) in [6.07, 6.45) is 2.02. The number of aliphatic imine (C=N–C) groups is 1. The Bertz CT molecular complexity index is 1150. The van der Waals surface area contributed by atoms with Crippen molar-refractivity contribution in [1.29, 1.82) is 0 Å². The fraction of sp³-hybridized carbons (Fsp3) is 0.481. The second-order valence-corrected chi connectivity index (χ2v) is 12.5. The second-order valence-electron chi connectivity index (χ2n) is 9.60. The van der Waals surface area contributed by atoms with Crippen molar-refractivity contribution in [3.63, 3.8) is 0 Å². The molecule has 0 fully saturated rings. The molecule has 1 aliphatic heterocycles. The van der Waals surface area contributed by atoms with Gasteiger partial charge in [-0.05, 0) is 54.7 Å². The third-order valence-electron chi connectivity index (χ3n) is 6.14. The van der Waals surface area contributed by atoms with Crippen molar-refractivity contribution in [2.75, 3.05) is 26.0 Å². The molecule has 1 aliphatic rings. The van der Waals surface area contributed by atoms with Crippen LogP contribution < -0.4 is 10.1 Å². The van der Waals surface area contributed by atoms with Gasteiger partial charge in [-0.15, -0.1) is 0 Å². The summed E-state index contributed by atoms with van der Waals surface area (Å²) in [5.41, 5.74) is 1.29. The molecule has 0 saturated heterocycles. The Morgan fingerprint density at radius 3 is 2.25 bits per heavy atom. The average Bonchev–Trinajstić information content (AvgIpc) is 3.32. The van der Waals surface area contributed by atoms with E-state index in [4.69, 9.17) is 9.73 Å². The van der Waals surface area contributed by atoms with Gasteiger partial charge in [0.15, 0.2) is 5.17 Å². The van der Waals surface area contributed by atoms with Crippen LogP contribution >= 0.6 is 11.8 Å². The van der Waals surface area contributed by atoms with Crippen LogP contribution in [0.5, 0.6) is 5.75 Å². The number of nitrogens with zero attached hydrogens (tertiary/aromatic N) is 2. The van der Waals surface area contributed by atoms with Crippen molar-refractivity contribution in [2.24, 2.45) is 10.4 Å². The lowest BCUT2D eigenvalue weighted by Gasteiger charge is -2.24. The Kier molecular flexibility index (Phi) is 9.60. The van der Waals surface area contributed by atoms with Crippen LogP contribution in [0.2, 0.25) is 0 Å². The smallest absolute Gasteiger partial charge is 0.243 e. The van der Waals surface area contributed by atoms with Crippen LogP contribution in [-0.4, -0.2) is 49.8 Å². The molecule has 0 saturated carbocycles. The molecule has 196 valence electrons. The summed E-state index contributed by atoms with van der Waals surface area (Å²) >= 11 is 1.54. The van der Waals surface area contributed by atoms with E-state index in [1.165, 1.54) is 11.8 Å². The van der Waals surface area contributed by atoms with Crippen LogP contribution in [0.3, 0.4) is 0 Å². The van der Waals surface area contributed by atoms with Crippen molar-refractivity contribution in [2.45, 2.75) is 57.9 Å². The SMILES string of the molecule is CCCN(CCC)S(=O)(=O)c1ccc(CC(C)(C)C(=O)NC2=NC(c3ccc(OC)cc3)CS2)cc1. The second kappa shape index (κ2) is 12.3. The van der Waals surface area contributed by atoms with E-state index < -0.39 is 15.4 Å². The van der Waals surface area contributed by atoms with Crippen LogP contribution in [-0.2, 0) is 21.2 Å². The van der Waals surface area contributed by atoms with Gasteiger partial charge < -0.3 is 10.1 Å². The molecule has 1 heterocycles. The van der Waals surface area contributed by atoms with Crippen molar-refractivity contribution in [1.82, 2.24) is 9.62 Å². The quantitative estimate of drug-likeness (QED) is 0.439.